The van der Waals surface area contributed by atoms with Crippen molar-refractivity contribution in [3.8, 4) is 0 Å². The first kappa shape index (κ1) is 16.1. The molecule has 0 radical (unpaired) electrons. The van der Waals surface area contributed by atoms with Gasteiger partial charge in [0.05, 0.1) is 6.54 Å². The monoisotopic (exact) mass is 237 g/mol. The second-order valence-corrected chi connectivity index (χ2v) is 2.56. The first-order chi connectivity index (χ1) is 6.49. The summed E-state index contributed by atoms with van der Waals surface area (Å²) >= 11 is 0. The summed E-state index contributed by atoms with van der Waals surface area (Å²) in [6, 6.07) is -1.03. The maximum Gasteiger partial charge on any atom is 0.245 e. The van der Waals surface area contributed by atoms with Gasteiger partial charge >= 0.3 is 0 Å². The number of nitrogens with two attached hydrogens (primary N) is 3. The molecule has 0 aliphatic carbocycles. The predicted molar refractivity (Wildman–Crippen MR) is 59.6 cm³/mol. The summed E-state index contributed by atoms with van der Waals surface area (Å²) in [5.74, 6) is -1.18. The Kier molecular flexibility index (Phi) is 8.60. The largest absolute Gasteiger partial charge is 0.386 e. The molecule has 7 nitrogen and oxygen atoms in total. The number of amides is 2. The molecule has 0 fully saturated rings. The van der Waals surface area contributed by atoms with Crippen LogP contribution in [0, 0.1) is 0 Å². The molecule has 88 valence electrons. The number of carbonyl (C=O) groups is 2. The molecule has 0 aromatic carbocycles. The van der Waals surface area contributed by atoms with Crippen LogP contribution < -0.4 is 22.5 Å². The first-order valence-electron chi connectivity index (χ1n) is 4.10. The predicted octanol–water partition coefficient (Wildman–Crippen LogP) is -2.29. The Hall–Kier alpha value is -1.34. The van der Waals surface area contributed by atoms with E-state index in [9.17, 15) is 9.59 Å². The van der Waals surface area contributed by atoms with E-state index in [1.807, 2.05) is 0 Å². The Balaban J connectivity index is 0. The highest BCUT2D eigenvalue weighted by molar-refractivity contribution is 6.06. The summed E-state index contributed by atoms with van der Waals surface area (Å²) in [4.78, 5) is 25.3. The molecule has 1 unspecified atom stereocenters. The second kappa shape index (κ2) is 8.01. The minimum Gasteiger partial charge on any atom is -0.386 e. The number of rotatable bonds is 5. The number of hydrogen-bond acceptors (Lipinski definition) is 4. The Morgan fingerprint density at radius 1 is 1.40 bits per heavy atom. The molecule has 15 heavy (non-hydrogen) atoms. The van der Waals surface area contributed by atoms with Crippen LogP contribution in [0.15, 0.2) is 4.99 Å². The van der Waals surface area contributed by atoms with E-state index in [0.717, 1.165) is 0 Å². The normalized spacial score (nSPS) is 12.5. The summed E-state index contributed by atoms with van der Waals surface area (Å²) in [7, 11) is 0. The fraction of sp³-hybridized carbons (Fsp3) is 0.571. The van der Waals surface area contributed by atoms with Crippen molar-refractivity contribution in [3.63, 3.8) is 0 Å². The second-order valence-electron chi connectivity index (χ2n) is 2.56. The molecule has 0 aromatic heterocycles. The number of halogens is 1. The Morgan fingerprint density at radius 2 is 1.93 bits per heavy atom. The van der Waals surface area contributed by atoms with Crippen LogP contribution in [0.1, 0.15) is 6.92 Å². The fourth-order valence-corrected chi connectivity index (χ4v) is 0.699. The lowest BCUT2D eigenvalue weighted by atomic mass is 10.2. The minimum atomic E-state index is -1.03. The fourth-order valence-electron chi connectivity index (χ4n) is 0.699. The smallest absolute Gasteiger partial charge is 0.245 e. The van der Waals surface area contributed by atoms with E-state index in [-0.39, 0.29) is 24.8 Å². The Bertz CT molecular complexity index is 256. The molecule has 0 aromatic rings. The molecule has 0 aliphatic rings. The lowest BCUT2D eigenvalue weighted by molar-refractivity contribution is -0.124. The number of aliphatic imine (C=N–C) groups is 1. The van der Waals surface area contributed by atoms with Crippen LogP contribution >= 0.6 is 12.4 Å². The van der Waals surface area contributed by atoms with Gasteiger partial charge in [-0.3, -0.25) is 14.6 Å². The average Bonchev–Trinajstić information content (AvgIpc) is 2.13. The van der Waals surface area contributed by atoms with Crippen LogP contribution in [0.5, 0.6) is 0 Å². The van der Waals surface area contributed by atoms with Crippen molar-refractivity contribution in [1.29, 1.82) is 0 Å². The first-order valence-corrected chi connectivity index (χ1v) is 4.10. The van der Waals surface area contributed by atoms with Crippen molar-refractivity contribution < 1.29 is 9.59 Å². The molecule has 7 N–H and O–H groups in total. The van der Waals surface area contributed by atoms with Crippen molar-refractivity contribution in [2.24, 2.45) is 22.2 Å². The van der Waals surface area contributed by atoms with Crippen molar-refractivity contribution in [2.75, 3.05) is 13.1 Å². The molecule has 0 saturated heterocycles. The zero-order chi connectivity index (χ0) is 11.1. The molecule has 0 heterocycles. The maximum atomic E-state index is 11.2. The van der Waals surface area contributed by atoms with Gasteiger partial charge in [0.1, 0.15) is 11.9 Å². The summed E-state index contributed by atoms with van der Waals surface area (Å²) < 4.78 is 0. The standard InChI is InChI=1S/C7H15N5O2.ClH/c1-2-11-6(10)5(9)7(14)12-3-4(8)13;/h5H,2-3,9H2,1H3,(H2,8,13)(H2,10,11)(H,12,14);1H. The number of amidine groups is 1. The lowest BCUT2D eigenvalue weighted by Gasteiger charge is -2.10. The maximum absolute atomic E-state index is 11.2. The van der Waals surface area contributed by atoms with Crippen molar-refractivity contribution in [3.05, 3.63) is 0 Å². The van der Waals surface area contributed by atoms with Crippen molar-refractivity contribution >= 4 is 30.1 Å². The highest BCUT2D eigenvalue weighted by Gasteiger charge is 2.16. The average molecular weight is 238 g/mol. The van der Waals surface area contributed by atoms with Crippen LogP contribution in [0.3, 0.4) is 0 Å². The van der Waals surface area contributed by atoms with E-state index in [4.69, 9.17) is 17.2 Å². The molecule has 0 aliphatic heterocycles. The number of nitrogens with one attached hydrogen (secondary N) is 1. The molecule has 8 heteroatoms. The van der Waals surface area contributed by atoms with Crippen LogP contribution in [-0.4, -0.2) is 36.8 Å². The third-order valence-electron chi connectivity index (χ3n) is 1.38. The Labute approximate surface area is 93.9 Å². The number of nitrogens with zero attached hydrogens (tertiary/aromatic N) is 1. The van der Waals surface area contributed by atoms with E-state index in [1.54, 1.807) is 6.92 Å². The van der Waals surface area contributed by atoms with Gasteiger partial charge in [0, 0.05) is 6.54 Å². The molecular weight excluding hydrogens is 222 g/mol. The highest BCUT2D eigenvalue weighted by atomic mass is 35.5. The van der Waals surface area contributed by atoms with Crippen molar-refractivity contribution in [1.82, 2.24) is 5.32 Å². The van der Waals surface area contributed by atoms with E-state index < -0.39 is 17.9 Å². The van der Waals surface area contributed by atoms with Gasteiger partial charge in [-0.1, -0.05) is 0 Å². The summed E-state index contributed by atoms with van der Waals surface area (Å²) in [5.41, 5.74) is 15.6. The van der Waals surface area contributed by atoms with E-state index >= 15 is 0 Å². The van der Waals surface area contributed by atoms with Gasteiger partial charge in [-0.25, -0.2) is 0 Å². The molecule has 0 bridgehead atoms. The van der Waals surface area contributed by atoms with Crippen LogP contribution in [0.25, 0.3) is 0 Å². The quantitative estimate of drug-likeness (QED) is 0.316. The summed E-state index contributed by atoms with van der Waals surface area (Å²) in [5, 5.41) is 2.22. The van der Waals surface area contributed by atoms with Gasteiger partial charge in [-0.2, -0.15) is 0 Å². The van der Waals surface area contributed by atoms with Crippen molar-refractivity contribution in [2.45, 2.75) is 13.0 Å². The van der Waals surface area contributed by atoms with E-state index in [0.29, 0.717) is 6.54 Å². The molecule has 0 rings (SSSR count). The molecule has 0 saturated carbocycles. The lowest BCUT2D eigenvalue weighted by Crippen LogP contribution is -2.50. The van der Waals surface area contributed by atoms with Gasteiger partial charge in [-0.05, 0) is 6.92 Å². The van der Waals surface area contributed by atoms with Crippen LogP contribution in [-0.2, 0) is 9.59 Å². The number of primary amides is 1. The van der Waals surface area contributed by atoms with Gasteiger partial charge in [0.2, 0.25) is 11.8 Å². The SMILES string of the molecule is CCN=C(N)C(N)C(=O)NCC(N)=O.Cl. The molecule has 1 atom stereocenters. The van der Waals surface area contributed by atoms with E-state index in [2.05, 4.69) is 10.3 Å². The molecule has 0 spiro atoms. The third kappa shape index (κ3) is 6.69. The van der Waals surface area contributed by atoms with Gasteiger partial charge in [0.15, 0.2) is 0 Å². The number of carbonyl (C=O) groups excluding carboxylic acids is 2. The zero-order valence-corrected chi connectivity index (χ0v) is 9.21. The van der Waals surface area contributed by atoms with Gasteiger partial charge in [-0.15, -0.1) is 12.4 Å². The van der Waals surface area contributed by atoms with E-state index in [1.165, 1.54) is 0 Å². The summed E-state index contributed by atoms with van der Waals surface area (Å²) in [6.45, 7) is 1.95. The third-order valence-corrected chi connectivity index (χ3v) is 1.38. The molecular formula is C7H16ClN5O2. The van der Waals surface area contributed by atoms with Gasteiger partial charge in [0.25, 0.3) is 0 Å². The Morgan fingerprint density at radius 3 is 2.33 bits per heavy atom. The topological polar surface area (TPSA) is 137 Å². The highest BCUT2D eigenvalue weighted by Crippen LogP contribution is 1.81. The molecule has 2 amide bonds. The summed E-state index contributed by atoms with van der Waals surface area (Å²) in [6.07, 6.45) is 0. The van der Waals surface area contributed by atoms with Gasteiger partial charge < -0.3 is 22.5 Å². The van der Waals surface area contributed by atoms with Crippen LogP contribution in [0.4, 0.5) is 0 Å². The van der Waals surface area contributed by atoms with Crippen LogP contribution in [0.2, 0.25) is 0 Å². The zero-order valence-electron chi connectivity index (χ0n) is 8.40. The minimum absolute atomic E-state index is 0. The number of hydrogen-bond donors (Lipinski definition) is 4.